The third-order valence-electron chi connectivity index (χ3n) is 5.26. The summed E-state index contributed by atoms with van der Waals surface area (Å²) < 4.78 is 27.3. The Balaban J connectivity index is 2.00. The molecule has 0 bridgehead atoms. The number of nitrogens with zero attached hydrogens (tertiary/aromatic N) is 2. The molecule has 1 saturated heterocycles. The molecule has 0 atom stereocenters. The second-order valence-electron chi connectivity index (χ2n) is 7.46. The molecule has 0 unspecified atom stereocenters. The number of phenolic OH excluding ortho intramolecular Hbond substituents is 2. The highest BCUT2D eigenvalue weighted by atomic mass is 19.1. The van der Waals surface area contributed by atoms with Crippen LogP contribution in [0.25, 0.3) is 22.4 Å². The number of carbonyl (C=O) groups excluding carboxylic acids is 1. The van der Waals surface area contributed by atoms with Crippen LogP contribution in [0.4, 0.5) is 4.39 Å². The van der Waals surface area contributed by atoms with Crippen LogP contribution in [-0.2, 0) is 10.3 Å². The monoisotopic (exact) mass is 415 g/mol. The number of methoxy groups -OCH3 is 1. The van der Waals surface area contributed by atoms with Crippen LogP contribution in [0.3, 0.4) is 0 Å². The van der Waals surface area contributed by atoms with Crippen molar-refractivity contribution in [2.75, 3.05) is 26.9 Å². The zero-order chi connectivity index (χ0) is 21.6. The zero-order valence-electron chi connectivity index (χ0n) is 16.8. The zero-order valence-corrected chi connectivity index (χ0v) is 16.8. The van der Waals surface area contributed by atoms with E-state index in [-0.39, 0.29) is 23.0 Å². The lowest BCUT2D eigenvalue weighted by atomic mass is 9.98. The van der Waals surface area contributed by atoms with E-state index in [2.05, 4.69) is 10.3 Å². The Kier molecular flexibility index (Phi) is 4.77. The minimum atomic E-state index is -1.02. The Morgan fingerprint density at radius 1 is 1.33 bits per heavy atom. The first kappa shape index (κ1) is 20.0. The summed E-state index contributed by atoms with van der Waals surface area (Å²) in [5.41, 5.74) is 1.07. The van der Waals surface area contributed by atoms with E-state index in [1.807, 2.05) is 18.4 Å². The standard InChI is InChI=1S/C21H22FN3O5/c1-4-23-20(28)11-5-6-13-14(7-11)25(21(2)9-30-10-21)19(24-13)12-8-15(29-3)17(26)18(27)16(12)22/h5-8,26-27H,4,9-10H2,1-3H3,(H,23,28). The smallest absolute Gasteiger partial charge is 0.251 e. The van der Waals surface area contributed by atoms with Gasteiger partial charge in [-0.3, -0.25) is 4.79 Å². The fourth-order valence-corrected chi connectivity index (χ4v) is 3.66. The first-order valence-corrected chi connectivity index (χ1v) is 9.48. The summed E-state index contributed by atoms with van der Waals surface area (Å²) in [6.07, 6.45) is 0. The average Bonchev–Trinajstić information content (AvgIpc) is 3.09. The lowest BCUT2D eigenvalue weighted by Crippen LogP contribution is -2.49. The van der Waals surface area contributed by atoms with E-state index in [0.29, 0.717) is 36.4 Å². The van der Waals surface area contributed by atoms with Crippen molar-refractivity contribution in [3.8, 4) is 28.6 Å². The van der Waals surface area contributed by atoms with Gasteiger partial charge in [-0.1, -0.05) is 0 Å². The molecule has 2 heterocycles. The molecule has 0 aliphatic carbocycles. The van der Waals surface area contributed by atoms with Gasteiger partial charge in [-0.25, -0.2) is 9.37 Å². The van der Waals surface area contributed by atoms with Crippen LogP contribution in [0.2, 0.25) is 0 Å². The Bertz CT molecular complexity index is 1150. The van der Waals surface area contributed by atoms with E-state index in [9.17, 15) is 19.4 Å². The number of amides is 1. The van der Waals surface area contributed by atoms with Crippen molar-refractivity contribution in [2.45, 2.75) is 19.4 Å². The number of hydrogen-bond acceptors (Lipinski definition) is 6. The lowest BCUT2D eigenvalue weighted by Gasteiger charge is -2.40. The molecule has 0 radical (unpaired) electrons. The van der Waals surface area contributed by atoms with Crippen molar-refractivity contribution in [2.24, 2.45) is 0 Å². The van der Waals surface area contributed by atoms with Crippen LogP contribution in [0.15, 0.2) is 24.3 Å². The van der Waals surface area contributed by atoms with Crippen LogP contribution < -0.4 is 10.1 Å². The van der Waals surface area contributed by atoms with E-state index in [4.69, 9.17) is 9.47 Å². The summed E-state index contributed by atoms with van der Waals surface area (Å²) in [7, 11) is 1.30. The van der Waals surface area contributed by atoms with Gasteiger partial charge in [0, 0.05) is 12.1 Å². The Morgan fingerprint density at radius 2 is 2.07 bits per heavy atom. The van der Waals surface area contributed by atoms with Gasteiger partial charge >= 0.3 is 0 Å². The van der Waals surface area contributed by atoms with Crippen molar-refractivity contribution >= 4 is 16.9 Å². The van der Waals surface area contributed by atoms with Crippen molar-refractivity contribution in [3.05, 3.63) is 35.6 Å². The number of halogens is 1. The van der Waals surface area contributed by atoms with E-state index in [1.165, 1.54) is 13.2 Å². The van der Waals surface area contributed by atoms with Crippen molar-refractivity contribution in [1.29, 1.82) is 0 Å². The maximum absolute atomic E-state index is 15.0. The van der Waals surface area contributed by atoms with Gasteiger partial charge < -0.3 is 29.6 Å². The minimum absolute atomic E-state index is 0.0361. The molecule has 1 fully saturated rings. The summed E-state index contributed by atoms with van der Waals surface area (Å²) in [5, 5.41) is 22.7. The number of carbonyl (C=O) groups is 1. The van der Waals surface area contributed by atoms with E-state index >= 15 is 0 Å². The summed E-state index contributed by atoms with van der Waals surface area (Å²) in [6, 6.07) is 6.34. The van der Waals surface area contributed by atoms with Gasteiger partial charge in [0.25, 0.3) is 5.91 Å². The number of ether oxygens (including phenoxy) is 2. The van der Waals surface area contributed by atoms with Gasteiger partial charge in [-0.05, 0) is 38.1 Å². The number of hydrogen-bond donors (Lipinski definition) is 3. The number of nitrogens with one attached hydrogen (secondary N) is 1. The fourth-order valence-electron chi connectivity index (χ4n) is 3.66. The molecule has 3 N–H and O–H groups in total. The van der Waals surface area contributed by atoms with Gasteiger partial charge in [0.15, 0.2) is 17.3 Å². The molecule has 4 rings (SSSR count). The maximum Gasteiger partial charge on any atom is 0.251 e. The first-order valence-electron chi connectivity index (χ1n) is 9.48. The average molecular weight is 415 g/mol. The van der Waals surface area contributed by atoms with E-state index in [0.717, 1.165) is 0 Å². The third-order valence-corrected chi connectivity index (χ3v) is 5.26. The molecule has 9 heteroatoms. The molecule has 1 aliphatic rings. The number of aromatic nitrogens is 2. The largest absolute Gasteiger partial charge is 0.502 e. The normalized spacial score (nSPS) is 15.1. The highest BCUT2D eigenvalue weighted by molar-refractivity contribution is 5.98. The predicted molar refractivity (Wildman–Crippen MR) is 107 cm³/mol. The van der Waals surface area contributed by atoms with Crippen LogP contribution in [0, 0.1) is 5.82 Å². The number of imidazole rings is 1. The summed E-state index contributed by atoms with van der Waals surface area (Å²) in [4.78, 5) is 16.9. The first-order chi connectivity index (χ1) is 14.3. The van der Waals surface area contributed by atoms with Gasteiger partial charge in [0.05, 0.1) is 42.5 Å². The molecule has 3 aromatic rings. The second-order valence-corrected chi connectivity index (χ2v) is 7.46. The molecule has 2 aromatic carbocycles. The summed E-state index contributed by atoms with van der Waals surface area (Å²) in [5.74, 6) is -2.69. The maximum atomic E-state index is 15.0. The molecular formula is C21H22FN3O5. The molecular weight excluding hydrogens is 393 g/mol. The quantitative estimate of drug-likeness (QED) is 0.554. The number of aromatic hydroxyl groups is 2. The Hall–Kier alpha value is -3.33. The number of fused-ring (bicyclic) bond motifs is 1. The minimum Gasteiger partial charge on any atom is -0.502 e. The molecule has 1 aliphatic heterocycles. The third kappa shape index (κ3) is 2.93. The molecule has 8 nitrogen and oxygen atoms in total. The summed E-state index contributed by atoms with van der Waals surface area (Å²) >= 11 is 0. The Morgan fingerprint density at radius 3 is 2.67 bits per heavy atom. The number of benzene rings is 2. The highest BCUT2D eigenvalue weighted by Crippen LogP contribution is 2.44. The van der Waals surface area contributed by atoms with Crippen LogP contribution in [0.1, 0.15) is 24.2 Å². The number of rotatable bonds is 5. The second kappa shape index (κ2) is 7.17. The molecule has 0 spiro atoms. The SMILES string of the molecule is CCNC(=O)c1ccc2nc(-c3cc(OC)c(O)c(O)c3F)n(C3(C)COC3)c2c1. The van der Waals surface area contributed by atoms with E-state index < -0.39 is 22.9 Å². The summed E-state index contributed by atoms with van der Waals surface area (Å²) in [6.45, 7) is 5.01. The van der Waals surface area contributed by atoms with Crippen molar-refractivity contribution in [3.63, 3.8) is 0 Å². The topological polar surface area (TPSA) is 106 Å². The van der Waals surface area contributed by atoms with Gasteiger partial charge in [0.2, 0.25) is 5.75 Å². The van der Waals surface area contributed by atoms with Crippen LogP contribution in [-0.4, -0.2) is 52.5 Å². The van der Waals surface area contributed by atoms with Crippen LogP contribution in [0.5, 0.6) is 17.2 Å². The van der Waals surface area contributed by atoms with Crippen LogP contribution >= 0.6 is 0 Å². The van der Waals surface area contributed by atoms with Crippen molar-refractivity contribution in [1.82, 2.24) is 14.9 Å². The molecule has 1 amide bonds. The molecule has 1 aromatic heterocycles. The van der Waals surface area contributed by atoms with E-state index in [1.54, 1.807) is 18.2 Å². The Labute approximate surface area is 171 Å². The molecule has 30 heavy (non-hydrogen) atoms. The molecule has 158 valence electrons. The lowest BCUT2D eigenvalue weighted by molar-refractivity contribution is -0.0868. The predicted octanol–water partition coefficient (Wildman–Crippen LogP) is 2.76. The highest BCUT2D eigenvalue weighted by Gasteiger charge is 2.39. The van der Waals surface area contributed by atoms with Gasteiger partial charge in [-0.15, -0.1) is 0 Å². The number of phenols is 2. The van der Waals surface area contributed by atoms with Gasteiger partial charge in [-0.2, -0.15) is 0 Å². The molecule has 0 saturated carbocycles. The van der Waals surface area contributed by atoms with Gasteiger partial charge in [0.1, 0.15) is 5.82 Å². The fraction of sp³-hybridized carbons (Fsp3) is 0.333. The van der Waals surface area contributed by atoms with Crippen molar-refractivity contribution < 1.29 is 28.9 Å².